The average Bonchev–Trinajstić information content (AvgIpc) is 2.41. The van der Waals surface area contributed by atoms with Crippen molar-refractivity contribution in [3.8, 4) is 5.75 Å². The second kappa shape index (κ2) is 6.40. The Labute approximate surface area is 116 Å². The van der Waals surface area contributed by atoms with Gasteiger partial charge in [0.2, 0.25) is 0 Å². The first-order chi connectivity index (χ1) is 9.25. The Balaban J connectivity index is 2.25. The number of rotatable bonds is 7. The molecule has 0 bridgehead atoms. The fourth-order valence-electron chi connectivity index (χ4n) is 2.78. The zero-order valence-corrected chi connectivity index (χ0v) is 12.3. The SMILES string of the molecule is CCc1ccc(OC)c(C2(CCCNC)COC2)c1. The minimum Gasteiger partial charge on any atom is -0.496 e. The van der Waals surface area contributed by atoms with Crippen LogP contribution in [0, 0.1) is 0 Å². The first-order valence-electron chi connectivity index (χ1n) is 7.15. The maximum atomic E-state index is 5.56. The third-order valence-electron chi connectivity index (χ3n) is 4.08. The second-order valence-corrected chi connectivity index (χ2v) is 5.37. The highest BCUT2D eigenvalue weighted by Gasteiger charge is 2.41. The van der Waals surface area contributed by atoms with Gasteiger partial charge in [0, 0.05) is 11.0 Å². The summed E-state index contributed by atoms with van der Waals surface area (Å²) < 4.78 is 11.1. The van der Waals surface area contributed by atoms with Gasteiger partial charge in [-0.1, -0.05) is 19.1 Å². The van der Waals surface area contributed by atoms with Crippen molar-refractivity contribution in [2.75, 3.05) is 33.9 Å². The van der Waals surface area contributed by atoms with Gasteiger partial charge in [-0.2, -0.15) is 0 Å². The lowest BCUT2D eigenvalue weighted by Crippen LogP contribution is -2.47. The molecule has 1 saturated heterocycles. The van der Waals surface area contributed by atoms with Crippen molar-refractivity contribution in [2.45, 2.75) is 31.6 Å². The van der Waals surface area contributed by atoms with Crippen LogP contribution in [0.4, 0.5) is 0 Å². The van der Waals surface area contributed by atoms with Gasteiger partial charge in [0.05, 0.1) is 20.3 Å². The first-order valence-corrected chi connectivity index (χ1v) is 7.15. The molecule has 1 aliphatic rings. The van der Waals surface area contributed by atoms with E-state index in [-0.39, 0.29) is 5.41 Å². The van der Waals surface area contributed by atoms with Crippen LogP contribution in [-0.4, -0.2) is 33.9 Å². The van der Waals surface area contributed by atoms with Gasteiger partial charge in [-0.15, -0.1) is 0 Å². The molecule has 0 radical (unpaired) electrons. The Morgan fingerprint density at radius 3 is 2.68 bits per heavy atom. The van der Waals surface area contributed by atoms with E-state index in [0.29, 0.717) is 0 Å². The Kier molecular flexibility index (Phi) is 4.83. The predicted molar refractivity (Wildman–Crippen MR) is 78.0 cm³/mol. The van der Waals surface area contributed by atoms with Crippen molar-refractivity contribution in [2.24, 2.45) is 0 Å². The van der Waals surface area contributed by atoms with Crippen molar-refractivity contribution in [3.63, 3.8) is 0 Å². The van der Waals surface area contributed by atoms with Gasteiger partial charge in [-0.05, 0) is 44.5 Å². The summed E-state index contributed by atoms with van der Waals surface area (Å²) in [6, 6.07) is 6.57. The zero-order chi connectivity index (χ0) is 13.7. The van der Waals surface area contributed by atoms with Gasteiger partial charge in [0.15, 0.2) is 0 Å². The van der Waals surface area contributed by atoms with Crippen LogP contribution in [0.3, 0.4) is 0 Å². The molecule has 2 rings (SSSR count). The zero-order valence-electron chi connectivity index (χ0n) is 12.3. The maximum Gasteiger partial charge on any atom is 0.122 e. The summed E-state index contributed by atoms with van der Waals surface area (Å²) in [4.78, 5) is 0. The van der Waals surface area contributed by atoms with Crippen molar-refractivity contribution < 1.29 is 9.47 Å². The van der Waals surface area contributed by atoms with E-state index in [2.05, 4.69) is 30.4 Å². The van der Waals surface area contributed by atoms with E-state index in [0.717, 1.165) is 38.3 Å². The van der Waals surface area contributed by atoms with E-state index in [1.807, 2.05) is 7.05 Å². The molecule has 1 aliphatic heterocycles. The first kappa shape index (κ1) is 14.4. The van der Waals surface area contributed by atoms with Crippen LogP contribution in [0.25, 0.3) is 0 Å². The standard InChI is InChI=1S/C16H25NO2/c1-4-13-6-7-15(18-3)14(10-13)16(11-19-12-16)8-5-9-17-2/h6-7,10,17H,4-5,8-9,11-12H2,1-3H3. The smallest absolute Gasteiger partial charge is 0.122 e. The molecule has 1 aromatic rings. The number of benzene rings is 1. The molecule has 0 saturated carbocycles. The molecular formula is C16H25NO2. The fraction of sp³-hybridized carbons (Fsp3) is 0.625. The maximum absolute atomic E-state index is 5.56. The van der Waals surface area contributed by atoms with Gasteiger partial charge < -0.3 is 14.8 Å². The third-order valence-corrected chi connectivity index (χ3v) is 4.08. The molecular weight excluding hydrogens is 238 g/mol. The van der Waals surface area contributed by atoms with Crippen LogP contribution in [-0.2, 0) is 16.6 Å². The fourth-order valence-corrected chi connectivity index (χ4v) is 2.78. The van der Waals surface area contributed by atoms with Crippen LogP contribution >= 0.6 is 0 Å². The van der Waals surface area contributed by atoms with Crippen molar-refractivity contribution >= 4 is 0 Å². The van der Waals surface area contributed by atoms with Gasteiger partial charge in [-0.25, -0.2) is 0 Å². The third kappa shape index (κ3) is 2.93. The lowest BCUT2D eigenvalue weighted by atomic mass is 9.74. The molecule has 3 nitrogen and oxygen atoms in total. The molecule has 1 N–H and O–H groups in total. The van der Waals surface area contributed by atoms with Crippen molar-refractivity contribution in [3.05, 3.63) is 29.3 Å². The van der Waals surface area contributed by atoms with Crippen molar-refractivity contribution in [1.29, 1.82) is 0 Å². The highest BCUT2D eigenvalue weighted by molar-refractivity contribution is 5.44. The quantitative estimate of drug-likeness (QED) is 0.767. The second-order valence-electron chi connectivity index (χ2n) is 5.37. The van der Waals surface area contributed by atoms with E-state index in [4.69, 9.17) is 9.47 Å². The Morgan fingerprint density at radius 2 is 2.16 bits per heavy atom. The topological polar surface area (TPSA) is 30.5 Å². The monoisotopic (exact) mass is 263 g/mol. The van der Waals surface area contributed by atoms with Crippen LogP contribution < -0.4 is 10.1 Å². The van der Waals surface area contributed by atoms with Crippen LogP contribution in [0.2, 0.25) is 0 Å². The molecule has 0 aliphatic carbocycles. The summed E-state index contributed by atoms with van der Waals surface area (Å²) in [5, 5.41) is 3.22. The Morgan fingerprint density at radius 1 is 1.37 bits per heavy atom. The van der Waals surface area contributed by atoms with E-state index >= 15 is 0 Å². The molecule has 19 heavy (non-hydrogen) atoms. The lowest BCUT2D eigenvalue weighted by molar-refractivity contribution is -0.0659. The summed E-state index contributed by atoms with van der Waals surface area (Å²) in [7, 11) is 3.76. The van der Waals surface area contributed by atoms with Crippen LogP contribution in [0.5, 0.6) is 5.75 Å². The summed E-state index contributed by atoms with van der Waals surface area (Å²) >= 11 is 0. The normalized spacial score (nSPS) is 17.0. The number of methoxy groups -OCH3 is 1. The molecule has 0 atom stereocenters. The number of ether oxygens (including phenoxy) is 2. The summed E-state index contributed by atoms with van der Waals surface area (Å²) in [6.07, 6.45) is 3.38. The van der Waals surface area contributed by atoms with Gasteiger partial charge in [0.25, 0.3) is 0 Å². The molecule has 0 aromatic heterocycles. The minimum atomic E-state index is 0.160. The van der Waals surface area contributed by atoms with Crippen LogP contribution in [0.1, 0.15) is 30.9 Å². The van der Waals surface area contributed by atoms with E-state index < -0.39 is 0 Å². The number of hydrogen-bond acceptors (Lipinski definition) is 3. The Bertz CT molecular complexity index is 413. The highest BCUT2D eigenvalue weighted by atomic mass is 16.5. The summed E-state index contributed by atoms with van der Waals surface area (Å²) in [5.74, 6) is 1.00. The van der Waals surface area contributed by atoms with E-state index in [1.165, 1.54) is 17.5 Å². The van der Waals surface area contributed by atoms with Crippen molar-refractivity contribution in [1.82, 2.24) is 5.32 Å². The highest BCUT2D eigenvalue weighted by Crippen LogP contribution is 2.41. The molecule has 3 heteroatoms. The lowest BCUT2D eigenvalue weighted by Gasteiger charge is -2.43. The molecule has 106 valence electrons. The Hall–Kier alpha value is -1.06. The number of hydrogen-bond donors (Lipinski definition) is 1. The van der Waals surface area contributed by atoms with E-state index in [9.17, 15) is 0 Å². The number of aryl methyl sites for hydroxylation is 1. The largest absolute Gasteiger partial charge is 0.496 e. The summed E-state index contributed by atoms with van der Waals surface area (Å²) in [6.45, 7) is 4.88. The minimum absolute atomic E-state index is 0.160. The van der Waals surface area contributed by atoms with Crippen LogP contribution in [0.15, 0.2) is 18.2 Å². The van der Waals surface area contributed by atoms with Gasteiger partial charge >= 0.3 is 0 Å². The molecule has 0 spiro atoms. The van der Waals surface area contributed by atoms with Gasteiger partial charge in [-0.3, -0.25) is 0 Å². The number of nitrogens with one attached hydrogen (secondary N) is 1. The average molecular weight is 263 g/mol. The predicted octanol–water partition coefficient (Wildman–Crippen LogP) is 2.53. The molecule has 1 fully saturated rings. The molecule has 0 amide bonds. The summed E-state index contributed by atoms with van der Waals surface area (Å²) in [5.41, 5.74) is 2.86. The van der Waals surface area contributed by atoms with E-state index in [1.54, 1.807) is 7.11 Å². The van der Waals surface area contributed by atoms with Gasteiger partial charge in [0.1, 0.15) is 5.75 Å². The molecule has 1 heterocycles. The molecule has 1 aromatic carbocycles. The molecule has 0 unspecified atom stereocenters.